The number of hydrogen-bond acceptors (Lipinski definition) is 3. The molecule has 1 atom stereocenters. The van der Waals surface area contributed by atoms with Gasteiger partial charge in [-0.25, -0.2) is 0 Å². The van der Waals surface area contributed by atoms with Crippen LogP contribution in [0.5, 0.6) is 5.75 Å². The highest BCUT2D eigenvalue weighted by Crippen LogP contribution is 2.37. The van der Waals surface area contributed by atoms with E-state index in [1.165, 1.54) is 7.11 Å². The third kappa shape index (κ3) is 2.78. The third-order valence-corrected chi connectivity index (χ3v) is 3.00. The maximum absolute atomic E-state index is 10.7. The minimum atomic E-state index is -0.562. The monoisotopic (exact) mass is 262 g/mol. The fraction of sp³-hybridized carbons (Fsp3) is 0.300. The molecule has 16 heavy (non-hydrogen) atoms. The SMILES string of the molecule is COc1ccc(C(N)CC(N)=O)c(Cl)c1Cl. The van der Waals surface area contributed by atoms with E-state index in [1.807, 2.05) is 0 Å². The Balaban J connectivity index is 3.06. The summed E-state index contributed by atoms with van der Waals surface area (Å²) in [5, 5.41) is 0.566. The average molecular weight is 263 g/mol. The lowest BCUT2D eigenvalue weighted by Gasteiger charge is -2.14. The van der Waals surface area contributed by atoms with Crippen LogP contribution in [0.3, 0.4) is 0 Å². The molecule has 1 unspecified atom stereocenters. The number of methoxy groups -OCH3 is 1. The highest BCUT2D eigenvalue weighted by molar-refractivity contribution is 6.43. The van der Waals surface area contributed by atoms with Crippen LogP contribution in [0.15, 0.2) is 12.1 Å². The molecule has 1 aromatic rings. The zero-order chi connectivity index (χ0) is 12.3. The van der Waals surface area contributed by atoms with E-state index in [9.17, 15) is 4.79 Å². The zero-order valence-electron chi connectivity index (χ0n) is 8.67. The molecule has 4 N–H and O–H groups in total. The summed E-state index contributed by atoms with van der Waals surface area (Å²) < 4.78 is 4.99. The number of halogens is 2. The normalized spacial score (nSPS) is 12.2. The summed E-state index contributed by atoms with van der Waals surface area (Å²) in [5.74, 6) is -0.0304. The Bertz CT molecular complexity index is 410. The average Bonchev–Trinajstić information content (AvgIpc) is 2.20. The van der Waals surface area contributed by atoms with Crippen LogP contribution in [0.4, 0.5) is 0 Å². The van der Waals surface area contributed by atoms with Crippen molar-refractivity contribution >= 4 is 29.1 Å². The number of ether oxygens (including phenoxy) is 1. The van der Waals surface area contributed by atoms with Gasteiger partial charge in [-0.2, -0.15) is 0 Å². The van der Waals surface area contributed by atoms with Gasteiger partial charge in [-0.15, -0.1) is 0 Å². The van der Waals surface area contributed by atoms with Crippen molar-refractivity contribution in [2.75, 3.05) is 7.11 Å². The van der Waals surface area contributed by atoms with E-state index < -0.39 is 11.9 Å². The predicted molar refractivity (Wildman–Crippen MR) is 63.8 cm³/mol. The summed E-state index contributed by atoms with van der Waals surface area (Å²) >= 11 is 12.0. The number of nitrogens with two attached hydrogens (primary N) is 2. The van der Waals surface area contributed by atoms with Crippen molar-refractivity contribution in [1.82, 2.24) is 0 Å². The Kier molecular flexibility index (Phi) is 4.41. The largest absolute Gasteiger partial charge is 0.495 e. The first-order valence-corrected chi connectivity index (χ1v) is 5.28. The van der Waals surface area contributed by atoms with E-state index in [0.717, 1.165) is 0 Å². The molecule has 0 aromatic heterocycles. The molecule has 0 aliphatic carbocycles. The number of primary amides is 1. The Labute approximate surface area is 103 Å². The Hall–Kier alpha value is -0.970. The molecule has 0 saturated carbocycles. The van der Waals surface area contributed by atoms with E-state index in [-0.39, 0.29) is 16.5 Å². The molecule has 0 saturated heterocycles. The van der Waals surface area contributed by atoms with E-state index in [0.29, 0.717) is 11.3 Å². The molecule has 0 aliphatic heterocycles. The van der Waals surface area contributed by atoms with Crippen LogP contribution in [0.1, 0.15) is 18.0 Å². The molecule has 0 radical (unpaired) electrons. The lowest BCUT2D eigenvalue weighted by atomic mass is 10.0. The molecule has 88 valence electrons. The standard InChI is InChI=1S/C10H12Cl2N2O2/c1-16-7-3-2-5(9(11)10(7)12)6(13)4-8(14)15/h2-3,6H,4,13H2,1H3,(H2,14,15). The van der Waals surface area contributed by atoms with Crippen molar-refractivity contribution < 1.29 is 9.53 Å². The van der Waals surface area contributed by atoms with Gasteiger partial charge in [-0.3, -0.25) is 4.79 Å². The highest BCUT2D eigenvalue weighted by atomic mass is 35.5. The summed E-state index contributed by atoms with van der Waals surface area (Å²) in [6, 6.07) is 2.75. The smallest absolute Gasteiger partial charge is 0.219 e. The fourth-order valence-corrected chi connectivity index (χ4v) is 1.86. The maximum Gasteiger partial charge on any atom is 0.219 e. The topological polar surface area (TPSA) is 78.3 Å². The van der Waals surface area contributed by atoms with Crippen molar-refractivity contribution in [2.24, 2.45) is 11.5 Å². The van der Waals surface area contributed by atoms with Crippen LogP contribution in [-0.4, -0.2) is 13.0 Å². The summed E-state index contributed by atoms with van der Waals surface area (Å²) in [6.07, 6.45) is 0.0162. The van der Waals surface area contributed by atoms with Gasteiger partial charge in [0.15, 0.2) is 0 Å². The molecule has 6 heteroatoms. The van der Waals surface area contributed by atoms with Gasteiger partial charge in [0, 0.05) is 12.5 Å². The second-order valence-corrected chi connectivity index (χ2v) is 4.02. The summed E-state index contributed by atoms with van der Waals surface area (Å²) in [4.78, 5) is 10.7. The highest BCUT2D eigenvalue weighted by Gasteiger charge is 2.17. The van der Waals surface area contributed by atoms with Crippen LogP contribution >= 0.6 is 23.2 Å². The van der Waals surface area contributed by atoms with Gasteiger partial charge in [0.1, 0.15) is 10.8 Å². The molecule has 1 amide bonds. The molecular weight excluding hydrogens is 251 g/mol. The van der Waals surface area contributed by atoms with Crippen LogP contribution < -0.4 is 16.2 Å². The number of carbonyl (C=O) groups is 1. The van der Waals surface area contributed by atoms with E-state index in [2.05, 4.69) is 0 Å². The molecule has 0 heterocycles. The first kappa shape index (κ1) is 13.1. The number of hydrogen-bond donors (Lipinski definition) is 2. The van der Waals surface area contributed by atoms with Crippen molar-refractivity contribution in [3.63, 3.8) is 0 Å². The summed E-state index contributed by atoms with van der Waals surface area (Å²) in [5.41, 5.74) is 11.4. The van der Waals surface area contributed by atoms with E-state index >= 15 is 0 Å². The summed E-state index contributed by atoms with van der Waals surface area (Å²) in [6.45, 7) is 0. The number of amides is 1. The van der Waals surface area contributed by atoms with Gasteiger partial charge < -0.3 is 16.2 Å². The Morgan fingerprint density at radius 1 is 1.44 bits per heavy atom. The van der Waals surface area contributed by atoms with Gasteiger partial charge in [0.25, 0.3) is 0 Å². The summed E-state index contributed by atoms with van der Waals surface area (Å²) in [7, 11) is 1.49. The molecule has 0 bridgehead atoms. The van der Waals surface area contributed by atoms with Crippen LogP contribution in [0, 0.1) is 0 Å². The minimum absolute atomic E-state index is 0.0162. The minimum Gasteiger partial charge on any atom is -0.495 e. The van der Waals surface area contributed by atoms with E-state index in [4.69, 9.17) is 39.4 Å². The molecule has 0 spiro atoms. The fourth-order valence-electron chi connectivity index (χ4n) is 1.32. The third-order valence-electron chi connectivity index (χ3n) is 2.12. The first-order valence-electron chi connectivity index (χ1n) is 4.53. The van der Waals surface area contributed by atoms with Gasteiger partial charge in [0.2, 0.25) is 5.91 Å². The van der Waals surface area contributed by atoms with Gasteiger partial charge in [0.05, 0.1) is 12.1 Å². The van der Waals surface area contributed by atoms with Gasteiger partial charge >= 0.3 is 0 Å². The van der Waals surface area contributed by atoms with Crippen LogP contribution in [0.2, 0.25) is 10.0 Å². The second-order valence-electron chi connectivity index (χ2n) is 3.26. The lowest BCUT2D eigenvalue weighted by Crippen LogP contribution is -2.21. The van der Waals surface area contributed by atoms with Gasteiger partial charge in [-0.05, 0) is 11.6 Å². The van der Waals surface area contributed by atoms with Crippen molar-refractivity contribution in [2.45, 2.75) is 12.5 Å². The zero-order valence-corrected chi connectivity index (χ0v) is 10.2. The Morgan fingerprint density at radius 2 is 2.06 bits per heavy atom. The van der Waals surface area contributed by atoms with Crippen LogP contribution in [-0.2, 0) is 4.79 Å². The molecule has 4 nitrogen and oxygen atoms in total. The number of rotatable bonds is 4. The van der Waals surface area contributed by atoms with Gasteiger partial charge in [-0.1, -0.05) is 29.3 Å². The Morgan fingerprint density at radius 3 is 2.56 bits per heavy atom. The number of carbonyl (C=O) groups excluding carboxylic acids is 1. The molecular formula is C10H12Cl2N2O2. The van der Waals surface area contributed by atoms with E-state index in [1.54, 1.807) is 12.1 Å². The molecule has 0 aliphatic rings. The number of benzene rings is 1. The molecule has 1 rings (SSSR count). The predicted octanol–water partition coefficient (Wildman–Crippen LogP) is 1.88. The second kappa shape index (κ2) is 5.39. The first-order chi connectivity index (χ1) is 7.47. The van der Waals surface area contributed by atoms with Crippen LogP contribution in [0.25, 0.3) is 0 Å². The van der Waals surface area contributed by atoms with Crippen molar-refractivity contribution in [1.29, 1.82) is 0 Å². The molecule has 0 fully saturated rings. The van der Waals surface area contributed by atoms with Crippen molar-refractivity contribution in [3.8, 4) is 5.75 Å². The molecule has 1 aromatic carbocycles. The maximum atomic E-state index is 10.7. The quantitative estimate of drug-likeness (QED) is 0.870. The lowest BCUT2D eigenvalue weighted by molar-refractivity contribution is -0.118. The van der Waals surface area contributed by atoms with Crippen molar-refractivity contribution in [3.05, 3.63) is 27.7 Å².